The van der Waals surface area contributed by atoms with E-state index in [4.69, 9.17) is 14.2 Å². The summed E-state index contributed by atoms with van der Waals surface area (Å²) in [5.74, 6) is 0.520. The van der Waals surface area contributed by atoms with Crippen molar-refractivity contribution in [3.8, 4) is 17.0 Å². The summed E-state index contributed by atoms with van der Waals surface area (Å²) in [6, 6.07) is 26.9. The minimum atomic E-state index is -3.84. The van der Waals surface area contributed by atoms with E-state index in [0.717, 1.165) is 34.0 Å². The number of halogens is 1. The van der Waals surface area contributed by atoms with Gasteiger partial charge in [-0.05, 0) is 45.3 Å². The van der Waals surface area contributed by atoms with Crippen LogP contribution in [-0.4, -0.2) is 62.1 Å². The molecule has 0 bridgehead atoms. The van der Waals surface area contributed by atoms with Crippen LogP contribution in [0.3, 0.4) is 0 Å². The molecule has 9 nitrogen and oxygen atoms in total. The first kappa shape index (κ1) is 30.3. The molecule has 3 aromatic carbocycles. The molecule has 3 heterocycles. The zero-order valence-electron chi connectivity index (χ0n) is 24.1. The number of anilines is 1. The van der Waals surface area contributed by atoms with Crippen LogP contribution >= 0.6 is 15.9 Å². The molecular weight excluding hydrogens is 644 g/mol. The fraction of sp³-hybridized carbons (Fsp3) is 0.273. The standard InChI is InChI=1S/C33H33BrN4O5S/c34-32-21-28-30(22-35-32)38(44(39,40)24-26-10-5-2-6-11-26)36-33(28)27-12-13-29(37-14-18-41-19-15-37)31(20-27)43-17-7-16-42-23-25-8-3-1-4-9-25/h1-6,8-13,20-22H,7,14-19,23-24H2. The molecule has 0 saturated carbocycles. The van der Waals surface area contributed by atoms with Gasteiger partial charge in [0.15, 0.2) is 0 Å². The van der Waals surface area contributed by atoms with Crippen molar-refractivity contribution in [2.24, 2.45) is 0 Å². The topological polar surface area (TPSA) is 95.8 Å². The Morgan fingerprint density at radius 1 is 0.886 bits per heavy atom. The number of aromatic nitrogens is 3. The Morgan fingerprint density at radius 2 is 1.61 bits per heavy atom. The van der Waals surface area contributed by atoms with E-state index in [2.05, 4.69) is 30.9 Å². The first-order chi connectivity index (χ1) is 21.5. The van der Waals surface area contributed by atoms with Gasteiger partial charge in [0, 0.05) is 30.5 Å². The van der Waals surface area contributed by atoms with E-state index in [1.54, 1.807) is 18.2 Å². The lowest BCUT2D eigenvalue weighted by atomic mass is 10.1. The molecule has 44 heavy (non-hydrogen) atoms. The quantitative estimate of drug-likeness (QED) is 0.116. The Morgan fingerprint density at radius 3 is 2.36 bits per heavy atom. The highest BCUT2D eigenvalue weighted by molar-refractivity contribution is 9.10. The molecule has 0 aliphatic carbocycles. The molecule has 228 valence electrons. The fourth-order valence-electron chi connectivity index (χ4n) is 5.18. The minimum Gasteiger partial charge on any atom is -0.491 e. The molecule has 6 rings (SSSR count). The maximum atomic E-state index is 13.6. The van der Waals surface area contributed by atoms with Crippen molar-refractivity contribution < 1.29 is 22.6 Å². The molecule has 1 fully saturated rings. The molecule has 0 amide bonds. The number of benzene rings is 3. The maximum Gasteiger partial charge on any atom is 0.258 e. The van der Waals surface area contributed by atoms with E-state index >= 15 is 0 Å². The van der Waals surface area contributed by atoms with E-state index in [9.17, 15) is 8.42 Å². The van der Waals surface area contributed by atoms with Gasteiger partial charge in [0.2, 0.25) is 0 Å². The van der Waals surface area contributed by atoms with Gasteiger partial charge < -0.3 is 19.1 Å². The van der Waals surface area contributed by atoms with Crippen molar-refractivity contribution in [1.82, 2.24) is 14.2 Å². The average Bonchev–Trinajstić information content (AvgIpc) is 3.43. The molecule has 1 aliphatic heterocycles. The van der Waals surface area contributed by atoms with E-state index in [0.29, 0.717) is 72.0 Å². The largest absolute Gasteiger partial charge is 0.491 e. The molecule has 2 aromatic heterocycles. The average molecular weight is 678 g/mol. The van der Waals surface area contributed by atoms with Crippen LogP contribution in [0.15, 0.2) is 95.7 Å². The molecule has 0 radical (unpaired) electrons. The third kappa shape index (κ3) is 7.13. The second kappa shape index (κ2) is 13.9. The number of fused-ring (bicyclic) bond motifs is 1. The molecule has 0 atom stereocenters. The van der Waals surface area contributed by atoms with Crippen molar-refractivity contribution in [3.63, 3.8) is 0 Å². The number of ether oxygens (including phenoxy) is 3. The fourth-order valence-corrected chi connectivity index (χ4v) is 6.90. The van der Waals surface area contributed by atoms with Gasteiger partial charge >= 0.3 is 0 Å². The van der Waals surface area contributed by atoms with Gasteiger partial charge in [-0.2, -0.15) is 9.19 Å². The van der Waals surface area contributed by atoms with E-state index in [1.165, 1.54) is 6.20 Å². The second-order valence-electron chi connectivity index (χ2n) is 10.5. The predicted octanol–water partition coefficient (Wildman–Crippen LogP) is 6.06. The van der Waals surface area contributed by atoms with Gasteiger partial charge in [-0.25, -0.2) is 13.4 Å². The number of nitrogens with zero attached hydrogens (tertiary/aromatic N) is 4. The summed E-state index contributed by atoms with van der Waals surface area (Å²) < 4.78 is 46.7. The van der Waals surface area contributed by atoms with Gasteiger partial charge in [0.25, 0.3) is 10.0 Å². The van der Waals surface area contributed by atoms with Gasteiger partial charge in [-0.1, -0.05) is 66.7 Å². The SMILES string of the molecule is O=S(=O)(Cc1ccccc1)n1nc(-c2ccc(N3CCOCC3)c(OCCCOCc3ccccc3)c2)c2cc(Br)ncc21. The zero-order valence-corrected chi connectivity index (χ0v) is 26.5. The summed E-state index contributed by atoms with van der Waals surface area (Å²) in [5.41, 5.74) is 4.47. The van der Waals surface area contributed by atoms with E-state index in [1.807, 2.05) is 66.7 Å². The first-order valence-corrected chi connectivity index (χ1v) is 16.9. The Labute approximate surface area is 265 Å². The number of hydrogen-bond acceptors (Lipinski definition) is 8. The second-order valence-corrected chi connectivity index (χ2v) is 13.1. The molecule has 1 aliphatic rings. The van der Waals surface area contributed by atoms with Gasteiger partial charge in [0.05, 0.1) is 50.7 Å². The predicted molar refractivity (Wildman–Crippen MR) is 174 cm³/mol. The minimum absolute atomic E-state index is 0.184. The number of pyridine rings is 1. The van der Waals surface area contributed by atoms with Crippen LogP contribution in [0, 0.1) is 0 Å². The summed E-state index contributed by atoms with van der Waals surface area (Å²) in [4.78, 5) is 6.56. The van der Waals surface area contributed by atoms with Crippen molar-refractivity contribution in [2.45, 2.75) is 18.8 Å². The Balaban J connectivity index is 1.28. The summed E-state index contributed by atoms with van der Waals surface area (Å²) in [6.07, 6.45) is 2.25. The lowest BCUT2D eigenvalue weighted by Gasteiger charge is -2.30. The van der Waals surface area contributed by atoms with Crippen LogP contribution in [0.1, 0.15) is 17.5 Å². The van der Waals surface area contributed by atoms with Crippen molar-refractivity contribution in [2.75, 3.05) is 44.4 Å². The monoisotopic (exact) mass is 676 g/mol. The lowest BCUT2D eigenvalue weighted by molar-refractivity contribution is 0.107. The summed E-state index contributed by atoms with van der Waals surface area (Å²) in [7, 11) is -3.84. The van der Waals surface area contributed by atoms with Crippen molar-refractivity contribution in [3.05, 3.63) is 107 Å². The smallest absolute Gasteiger partial charge is 0.258 e. The highest BCUT2D eigenvalue weighted by atomic mass is 79.9. The molecular formula is C33H33BrN4O5S. The van der Waals surface area contributed by atoms with Crippen LogP contribution in [0.2, 0.25) is 0 Å². The molecule has 0 spiro atoms. The molecule has 0 unspecified atom stereocenters. The zero-order chi connectivity index (χ0) is 30.4. The van der Waals surface area contributed by atoms with Crippen LogP contribution in [0.5, 0.6) is 5.75 Å². The van der Waals surface area contributed by atoms with Crippen molar-refractivity contribution >= 4 is 42.5 Å². The Hall–Kier alpha value is -3.77. The molecule has 1 saturated heterocycles. The molecule has 11 heteroatoms. The molecule has 0 N–H and O–H groups in total. The summed E-state index contributed by atoms with van der Waals surface area (Å²) >= 11 is 3.45. The number of hydrogen-bond donors (Lipinski definition) is 0. The van der Waals surface area contributed by atoms with Crippen LogP contribution in [0.25, 0.3) is 22.2 Å². The normalized spacial score (nSPS) is 13.8. The number of rotatable bonds is 12. The van der Waals surface area contributed by atoms with Crippen LogP contribution < -0.4 is 9.64 Å². The first-order valence-electron chi connectivity index (χ1n) is 14.5. The number of morpholine rings is 1. The summed E-state index contributed by atoms with van der Waals surface area (Å²) in [6.45, 7) is 4.38. The highest BCUT2D eigenvalue weighted by Crippen LogP contribution is 2.37. The highest BCUT2D eigenvalue weighted by Gasteiger charge is 2.24. The third-order valence-corrected chi connectivity index (χ3v) is 9.28. The maximum absolute atomic E-state index is 13.6. The van der Waals surface area contributed by atoms with Crippen LogP contribution in [-0.2, 0) is 31.9 Å². The summed E-state index contributed by atoms with van der Waals surface area (Å²) in [5, 5.41) is 5.33. The van der Waals surface area contributed by atoms with Gasteiger partial charge in [-0.15, -0.1) is 0 Å². The van der Waals surface area contributed by atoms with Crippen LogP contribution in [0.4, 0.5) is 5.69 Å². The van der Waals surface area contributed by atoms with Gasteiger partial charge in [0.1, 0.15) is 21.6 Å². The Bertz CT molecular complexity index is 1810. The third-order valence-electron chi connectivity index (χ3n) is 7.34. The van der Waals surface area contributed by atoms with Gasteiger partial charge in [-0.3, -0.25) is 0 Å². The molecule has 5 aromatic rings. The van der Waals surface area contributed by atoms with E-state index < -0.39 is 10.0 Å². The lowest BCUT2D eigenvalue weighted by Crippen LogP contribution is -2.36. The Kier molecular flexibility index (Phi) is 9.56. The van der Waals surface area contributed by atoms with E-state index in [-0.39, 0.29) is 5.75 Å². The van der Waals surface area contributed by atoms with Crippen molar-refractivity contribution in [1.29, 1.82) is 0 Å².